The topological polar surface area (TPSA) is 66.0 Å². The van der Waals surface area contributed by atoms with Crippen LogP contribution >= 0.6 is 0 Å². The van der Waals surface area contributed by atoms with Gasteiger partial charge in [0.25, 0.3) is 0 Å². The number of H-pyrrole nitrogens is 1. The Hall–Kier alpha value is -2.17. The second-order valence-corrected chi connectivity index (χ2v) is 3.36. The minimum absolute atomic E-state index is 0.172. The van der Waals surface area contributed by atoms with Crippen LogP contribution in [0.4, 0.5) is 4.39 Å². The quantitative estimate of drug-likeness (QED) is 0.829. The van der Waals surface area contributed by atoms with Crippen LogP contribution in [0.1, 0.15) is 5.56 Å². The van der Waals surface area contributed by atoms with E-state index in [0.29, 0.717) is 0 Å². The Morgan fingerprint density at radius 2 is 2.25 bits per heavy atom. The van der Waals surface area contributed by atoms with Crippen molar-refractivity contribution in [3.63, 3.8) is 0 Å². The molecule has 0 spiro atoms. The van der Waals surface area contributed by atoms with Crippen molar-refractivity contribution >= 4 is 5.97 Å². The number of carbonyl (C=O) groups is 1. The summed E-state index contributed by atoms with van der Waals surface area (Å²) in [7, 11) is 0. The minimum atomic E-state index is -1.05. The fourth-order valence-electron chi connectivity index (χ4n) is 1.46. The first-order valence-electron chi connectivity index (χ1n) is 4.66. The molecule has 0 aliphatic heterocycles. The monoisotopic (exact) mass is 220 g/mol. The zero-order chi connectivity index (χ0) is 11.5. The van der Waals surface area contributed by atoms with Crippen molar-refractivity contribution in [1.29, 1.82) is 0 Å². The summed E-state index contributed by atoms with van der Waals surface area (Å²) in [5, 5.41) is 15.0. The molecular weight excluding hydrogens is 211 g/mol. The predicted octanol–water partition coefficient (Wildman–Crippen LogP) is 1.84. The van der Waals surface area contributed by atoms with Gasteiger partial charge in [-0.05, 0) is 23.3 Å². The van der Waals surface area contributed by atoms with E-state index in [1.807, 2.05) is 0 Å². The number of hydrogen-bond donors (Lipinski definition) is 2. The molecule has 2 N–H and O–H groups in total. The number of nitrogens with one attached hydrogen (secondary N) is 1. The maximum absolute atomic E-state index is 13.3. The fraction of sp³-hybridized carbons (Fsp3) is 0.0909. The maximum Gasteiger partial charge on any atom is 0.307 e. The molecule has 0 amide bonds. The van der Waals surface area contributed by atoms with Gasteiger partial charge >= 0.3 is 5.97 Å². The number of rotatable bonds is 3. The van der Waals surface area contributed by atoms with Crippen molar-refractivity contribution in [2.24, 2.45) is 0 Å². The lowest BCUT2D eigenvalue weighted by atomic mass is 10.0. The summed E-state index contributed by atoms with van der Waals surface area (Å²) in [5.74, 6) is -1.56. The van der Waals surface area contributed by atoms with E-state index < -0.39 is 11.8 Å². The number of carboxylic acid groups (broad SMARTS) is 1. The number of nitrogens with zero attached hydrogens (tertiary/aromatic N) is 1. The van der Waals surface area contributed by atoms with Crippen molar-refractivity contribution in [1.82, 2.24) is 10.2 Å². The summed E-state index contributed by atoms with van der Waals surface area (Å²) < 4.78 is 13.3. The van der Waals surface area contributed by atoms with Crippen LogP contribution in [0.3, 0.4) is 0 Å². The third-order valence-corrected chi connectivity index (χ3v) is 2.22. The van der Waals surface area contributed by atoms with Crippen LogP contribution in [0.15, 0.2) is 30.6 Å². The number of hydrogen-bond acceptors (Lipinski definition) is 2. The van der Waals surface area contributed by atoms with Gasteiger partial charge in [0.15, 0.2) is 0 Å². The van der Waals surface area contributed by atoms with Gasteiger partial charge in [-0.2, -0.15) is 5.10 Å². The number of aromatic amines is 1. The lowest BCUT2D eigenvalue weighted by Gasteiger charge is -2.03. The highest BCUT2D eigenvalue weighted by atomic mass is 19.1. The molecule has 0 radical (unpaired) electrons. The van der Waals surface area contributed by atoms with Crippen LogP contribution in [-0.4, -0.2) is 21.3 Å². The number of carboxylic acids is 1. The average Bonchev–Trinajstić information content (AvgIpc) is 2.73. The van der Waals surface area contributed by atoms with E-state index >= 15 is 0 Å². The molecule has 1 aromatic heterocycles. The molecule has 0 unspecified atom stereocenters. The highest BCUT2D eigenvalue weighted by Gasteiger charge is 2.09. The van der Waals surface area contributed by atoms with E-state index in [1.54, 1.807) is 18.5 Å². The van der Waals surface area contributed by atoms with Gasteiger partial charge in [0.2, 0.25) is 0 Å². The van der Waals surface area contributed by atoms with Gasteiger partial charge in [0.1, 0.15) is 5.82 Å². The van der Waals surface area contributed by atoms with Crippen molar-refractivity contribution in [2.45, 2.75) is 6.42 Å². The molecule has 0 atom stereocenters. The standard InChI is InChI=1S/C11H9FN2O2/c12-10-2-1-7(9-5-13-14-6-9)3-8(10)4-11(15)16/h1-3,5-6H,4H2,(H,13,14)(H,15,16). The molecule has 0 saturated carbocycles. The van der Waals surface area contributed by atoms with E-state index in [1.165, 1.54) is 12.1 Å². The Morgan fingerprint density at radius 3 is 2.88 bits per heavy atom. The molecule has 1 heterocycles. The van der Waals surface area contributed by atoms with Gasteiger partial charge in [-0.15, -0.1) is 0 Å². The molecule has 0 fully saturated rings. The van der Waals surface area contributed by atoms with Crippen molar-refractivity contribution in [3.8, 4) is 11.1 Å². The van der Waals surface area contributed by atoms with Gasteiger partial charge in [0.05, 0.1) is 12.6 Å². The first-order valence-corrected chi connectivity index (χ1v) is 4.66. The minimum Gasteiger partial charge on any atom is -0.481 e. The molecule has 0 bridgehead atoms. The summed E-state index contributed by atoms with van der Waals surface area (Å²) in [6.07, 6.45) is 2.94. The highest BCUT2D eigenvalue weighted by molar-refractivity contribution is 5.72. The maximum atomic E-state index is 13.3. The average molecular weight is 220 g/mol. The van der Waals surface area contributed by atoms with Crippen molar-refractivity contribution < 1.29 is 14.3 Å². The van der Waals surface area contributed by atoms with Crippen LogP contribution in [0.2, 0.25) is 0 Å². The molecule has 1 aromatic carbocycles. The van der Waals surface area contributed by atoms with E-state index in [9.17, 15) is 9.18 Å². The summed E-state index contributed by atoms with van der Waals surface area (Å²) in [4.78, 5) is 10.5. The molecule has 5 heteroatoms. The van der Waals surface area contributed by atoms with Gasteiger partial charge < -0.3 is 5.11 Å². The molecular formula is C11H9FN2O2. The Morgan fingerprint density at radius 1 is 1.44 bits per heavy atom. The second kappa shape index (κ2) is 4.14. The second-order valence-electron chi connectivity index (χ2n) is 3.36. The van der Waals surface area contributed by atoms with Gasteiger partial charge in [-0.1, -0.05) is 6.07 Å². The van der Waals surface area contributed by atoms with Gasteiger partial charge in [-0.25, -0.2) is 4.39 Å². The number of halogens is 1. The summed E-state index contributed by atoms with van der Waals surface area (Å²) >= 11 is 0. The first-order chi connectivity index (χ1) is 7.66. The van der Waals surface area contributed by atoms with E-state index in [0.717, 1.165) is 11.1 Å². The molecule has 2 rings (SSSR count). The van der Waals surface area contributed by atoms with E-state index in [-0.39, 0.29) is 12.0 Å². The molecule has 0 aliphatic rings. The Balaban J connectivity index is 2.39. The van der Waals surface area contributed by atoms with Crippen LogP contribution < -0.4 is 0 Å². The van der Waals surface area contributed by atoms with E-state index in [2.05, 4.69) is 10.2 Å². The third-order valence-electron chi connectivity index (χ3n) is 2.22. The lowest BCUT2D eigenvalue weighted by molar-refractivity contribution is -0.136. The summed E-state index contributed by atoms with van der Waals surface area (Å²) in [5.41, 5.74) is 1.71. The molecule has 0 saturated heterocycles. The fourth-order valence-corrected chi connectivity index (χ4v) is 1.46. The molecule has 82 valence electrons. The number of aliphatic carboxylic acids is 1. The first kappa shape index (κ1) is 10.4. The Bertz CT molecular complexity index is 509. The van der Waals surface area contributed by atoms with Crippen molar-refractivity contribution in [3.05, 3.63) is 42.0 Å². The zero-order valence-electron chi connectivity index (χ0n) is 8.27. The molecule has 0 aliphatic carbocycles. The van der Waals surface area contributed by atoms with E-state index in [4.69, 9.17) is 5.11 Å². The molecule has 16 heavy (non-hydrogen) atoms. The lowest BCUT2D eigenvalue weighted by Crippen LogP contribution is -2.02. The molecule has 2 aromatic rings. The van der Waals surface area contributed by atoms with Crippen molar-refractivity contribution in [2.75, 3.05) is 0 Å². The number of benzene rings is 1. The van der Waals surface area contributed by atoms with Crippen LogP contribution in [-0.2, 0) is 11.2 Å². The highest BCUT2D eigenvalue weighted by Crippen LogP contribution is 2.21. The Labute approximate surface area is 90.7 Å². The molecule has 4 nitrogen and oxygen atoms in total. The largest absolute Gasteiger partial charge is 0.481 e. The smallest absolute Gasteiger partial charge is 0.307 e. The zero-order valence-corrected chi connectivity index (χ0v) is 8.27. The van der Waals surface area contributed by atoms with Crippen LogP contribution in [0.25, 0.3) is 11.1 Å². The predicted molar refractivity (Wildman–Crippen MR) is 55.3 cm³/mol. The Kier molecular flexibility index (Phi) is 2.68. The SMILES string of the molecule is O=C(O)Cc1cc(-c2cn[nH]c2)ccc1F. The summed E-state index contributed by atoms with van der Waals surface area (Å²) in [6, 6.07) is 4.38. The van der Waals surface area contributed by atoms with Gasteiger partial charge in [0, 0.05) is 11.8 Å². The van der Waals surface area contributed by atoms with Crippen LogP contribution in [0.5, 0.6) is 0 Å². The third kappa shape index (κ3) is 2.08. The van der Waals surface area contributed by atoms with Crippen LogP contribution in [0, 0.1) is 5.82 Å². The van der Waals surface area contributed by atoms with Gasteiger partial charge in [-0.3, -0.25) is 9.89 Å². The normalized spacial score (nSPS) is 10.3. The summed E-state index contributed by atoms with van der Waals surface area (Å²) in [6.45, 7) is 0. The number of aromatic nitrogens is 2.